The summed E-state index contributed by atoms with van der Waals surface area (Å²) in [6, 6.07) is 12.1. The number of hydrogen-bond acceptors (Lipinski definition) is 6. The van der Waals surface area contributed by atoms with Gasteiger partial charge in [-0.3, -0.25) is 0 Å². The summed E-state index contributed by atoms with van der Waals surface area (Å²) in [5, 5.41) is 18.8. The summed E-state index contributed by atoms with van der Waals surface area (Å²) in [6.07, 6.45) is -0.876. The zero-order valence-corrected chi connectivity index (χ0v) is 18.4. The van der Waals surface area contributed by atoms with E-state index in [-0.39, 0.29) is 29.9 Å². The molecule has 2 atom stereocenters. The zero-order chi connectivity index (χ0) is 20.7. The van der Waals surface area contributed by atoms with E-state index in [0.29, 0.717) is 35.8 Å². The molecule has 162 valence electrons. The van der Waals surface area contributed by atoms with Crippen LogP contribution in [0.1, 0.15) is 31.1 Å². The van der Waals surface area contributed by atoms with E-state index in [2.05, 4.69) is 5.32 Å². The van der Waals surface area contributed by atoms with E-state index in [1.165, 1.54) is 6.07 Å². The monoisotopic (exact) mass is 444 g/mol. The summed E-state index contributed by atoms with van der Waals surface area (Å²) in [7, 11) is -3.83. The van der Waals surface area contributed by atoms with Crippen LogP contribution in [0.5, 0.6) is 11.5 Å². The van der Waals surface area contributed by atoms with Crippen LogP contribution in [0.25, 0.3) is 0 Å². The van der Waals surface area contributed by atoms with Gasteiger partial charge in [0.15, 0.2) is 11.5 Å². The van der Waals surface area contributed by atoms with E-state index >= 15 is 0 Å². The van der Waals surface area contributed by atoms with Crippen molar-refractivity contribution in [3.8, 4) is 11.5 Å². The minimum absolute atomic E-state index is 0. The van der Waals surface area contributed by atoms with Crippen molar-refractivity contribution in [1.29, 1.82) is 0 Å². The van der Waals surface area contributed by atoms with Gasteiger partial charge in [0.1, 0.15) is 6.61 Å². The van der Waals surface area contributed by atoms with Crippen LogP contribution < -0.4 is 19.9 Å². The Bertz CT molecular complexity index is 892. The van der Waals surface area contributed by atoms with Gasteiger partial charge in [0, 0.05) is 12.6 Å². The molecular weight excluding hydrogens is 416 g/mol. The number of aliphatic hydroxyl groups is 1. The van der Waals surface area contributed by atoms with Crippen molar-refractivity contribution in [2.75, 3.05) is 19.8 Å². The Labute approximate surface area is 178 Å². The fourth-order valence-corrected chi connectivity index (χ4v) is 3.50. The predicted molar refractivity (Wildman–Crippen MR) is 115 cm³/mol. The van der Waals surface area contributed by atoms with E-state index in [4.69, 9.17) is 14.6 Å². The zero-order valence-electron chi connectivity index (χ0n) is 16.8. The normalized spacial score (nSPS) is 13.3. The average Bonchev–Trinajstić information content (AvgIpc) is 2.65. The highest BCUT2D eigenvalue weighted by atomic mass is 35.5. The van der Waals surface area contributed by atoms with Gasteiger partial charge in [-0.05, 0) is 50.1 Å². The number of para-hydroxylation sites is 2. The SMILES string of the molecule is CCOc1ccccc1OCC(C)NCC(O)c1ccc(C)c(S(N)(=O)=O)c1.Cl. The summed E-state index contributed by atoms with van der Waals surface area (Å²) < 4.78 is 34.6. The number of aliphatic hydroxyl groups excluding tert-OH is 1. The highest BCUT2D eigenvalue weighted by Gasteiger charge is 2.16. The van der Waals surface area contributed by atoms with Crippen molar-refractivity contribution in [2.24, 2.45) is 5.14 Å². The van der Waals surface area contributed by atoms with Crippen LogP contribution in [0, 0.1) is 6.92 Å². The smallest absolute Gasteiger partial charge is 0.238 e. The molecule has 0 aliphatic rings. The number of primary sulfonamides is 1. The minimum Gasteiger partial charge on any atom is -0.490 e. The van der Waals surface area contributed by atoms with Crippen LogP contribution >= 0.6 is 12.4 Å². The first-order valence-corrected chi connectivity index (χ1v) is 10.7. The third-order valence-corrected chi connectivity index (χ3v) is 5.25. The lowest BCUT2D eigenvalue weighted by molar-refractivity contribution is 0.162. The third-order valence-electron chi connectivity index (χ3n) is 4.20. The lowest BCUT2D eigenvalue weighted by Gasteiger charge is -2.19. The van der Waals surface area contributed by atoms with Gasteiger partial charge in [0.25, 0.3) is 0 Å². The van der Waals surface area contributed by atoms with Gasteiger partial charge in [-0.15, -0.1) is 12.4 Å². The predicted octanol–water partition coefficient (Wildman–Crippen LogP) is 2.55. The maximum atomic E-state index is 11.6. The lowest BCUT2D eigenvalue weighted by atomic mass is 10.1. The fraction of sp³-hybridized carbons (Fsp3) is 0.400. The maximum Gasteiger partial charge on any atom is 0.238 e. The number of nitrogens with one attached hydrogen (secondary N) is 1. The summed E-state index contributed by atoms with van der Waals surface area (Å²) in [6.45, 7) is 6.68. The highest BCUT2D eigenvalue weighted by Crippen LogP contribution is 2.26. The third kappa shape index (κ3) is 7.49. The van der Waals surface area contributed by atoms with Gasteiger partial charge in [-0.2, -0.15) is 0 Å². The van der Waals surface area contributed by atoms with Gasteiger partial charge in [-0.25, -0.2) is 13.6 Å². The van der Waals surface area contributed by atoms with Crippen molar-refractivity contribution in [2.45, 2.75) is 37.8 Å². The first-order valence-electron chi connectivity index (χ1n) is 9.11. The van der Waals surface area contributed by atoms with Crippen molar-refractivity contribution in [1.82, 2.24) is 5.32 Å². The molecule has 0 amide bonds. The van der Waals surface area contributed by atoms with Crippen molar-refractivity contribution in [3.63, 3.8) is 0 Å². The fourth-order valence-electron chi connectivity index (χ4n) is 2.68. The molecule has 0 radical (unpaired) electrons. The number of sulfonamides is 1. The van der Waals surface area contributed by atoms with E-state index in [1.54, 1.807) is 19.1 Å². The number of hydrogen-bond donors (Lipinski definition) is 3. The van der Waals surface area contributed by atoms with Crippen LogP contribution in [0.2, 0.25) is 0 Å². The Morgan fingerprint density at radius 2 is 1.76 bits per heavy atom. The van der Waals surface area contributed by atoms with Gasteiger partial charge in [-0.1, -0.05) is 24.3 Å². The standard InChI is InChI=1S/C20H28N2O5S.ClH/c1-4-26-18-7-5-6-8-19(18)27-13-15(3)22-12-17(23)16-10-9-14(2)20(11-16)28(21,24)25;/h5-11,15,17,22-23H,4,12-13H2,1-3H3,(H2,21,24,25);1H. The molecule has 7 nitrogen and oxygen atoms in total. The molecule has 0 saturated heterocycles. The molecule has 2 aromatic carbocycles. The molecule has 0 aliphatic heterocycles. The Morgan fingerprint density at radius 1 is 1.14 bits per heavy atom. The molecule has 9 heteroatoms. The van der Waals surface area contributed by atoms with Gasteiger partial charge in [0.2, 0.25) is 10.0 Å². The number of aryl methyl sites for hydroxylation is 1. The van der Waals surface area contributed by atoms with Crippen molar-refractivity contribution >= 4 is 22.4 Å². The second-order valence-electron chi connectivity index (χ2n) is 6.59. The molecule has 0 saturated carbocycles. The molecule has 0 spiro atoms. The van der Waals surface area contributed by atoms with Crippen molar-refractivity contribution in [3.05, 3.63) is 53.6 Å². The average molecular weight is 445 g/mol. The van der Waals surface area contributed by atoms with E-state index in [0.717, 1.165) is 0 Å². The lowest BCUT2D eigenvalue weighted by Crippen LogP contribution is -2.35. The molecule has 0 aliphatic carbocycles. The molecule has 29 heavy (non-hydrogen) atoms. The van der Waals surface area contributed by atoms with Gasteiger partial charge in [0.05, 0.1) is 17.6 Å². The summed E-state index contributed by atoms with van der Waals surface area (Å²) in [4.78, 5) is 0.0213. The number of nitrogens with two attached hydrogens (primary N) is 1. The van der Waals surface area contributed by atoms with Crippen LogP contribution in [-0.2, 0) is 10.0 Å². The number of ether oxygens (including phenoxy) is 2. The number of benzene rings is 2. The maximum absolute atomic E-state index is 11.6. The van der Waals surface area contributed by atoms with E-state index in [1.807, 2.05) is 38.1 Å². The second kappa shape index (κ2) is 11.4. The first-order chi connectivity index (χ1) is 13.2. The molecule has 0 aromatic heterocycles. The van der Waals surface area contributed by atoms with Crippen molar-refractivity contribution < 1.29 is 23.0 Å². The van der Waals surface area contributed by atoms with Gasteiger partial charge < -0.3 is 19.9 Å². The quantitative estimate of drug-likeness (QED) is 0.519. The van der Waals surface area contributed by atoms with Crippen LogP contribution in [0.15, 0.2) is 47.4 Å². The molecule has 0 bridgehead atoms. The summed E-state index contributed by atoms with van der Waals surface area (Å²) in [5.74, 6) is 1.35. The second-order valence-corrected chi connectivity index (χ2v) is 8.12. The summed E-state index contributed by atoms with van der Waals surface area (Å²) in [5.41, 5.74) is 1.03. The molecule has 2 aromatic rings. The van der Waals surface area contributed by atoms with Crippen LogP contribution in [0.3, 0.4) is 0 Å². The van der Waals surface area contributed by atoms with Crippen LogP contribution in [0.4, 0.5) is 0 Å². The van der Waals surface area contributed by atoms with Crippen LogP contribution in [-0.4, -0.2) is 39.3 Å². The minimum atomic E-state index is -3.83. The molecule has 0 heterocycles. The largest absolute Gasteiger partial charge is 0.490 e. The highest BCUT2D eigenvalue weighted by molar-refractivity contribution is 7.89. The Morgan fingerprint density at radius 3 is 2.34 bits per heavy atom. The molecule has 0 fully saturated rings. The molecular formula is C20H29ClN2O5S. The Hall–Kier alpha value is -1.84. The van der Waals surface area contributed by atoms with E-state index in [9.17, 15) is 13.5 Å². The topological polar surface area (TPSA) is 111 Å². The Balaban J connectivity index is 0.00000420. The summed E-state index contributed by atoms with van der Waals surface area (Å²) >= 11 is 0. The molecule has 2 rings (SSSR count). The van der Waals surface area contributed by atoms with Gasteiger partial charge >= 0.3 is 0 Å². The number of rotatable bonds is 10. The molecule has 2 unspecified atom stereocenters. The molecule has 4 N–H and O–H groups in total. The first kappa shape index (κ1) is 25.2. The number of halogens is 1. The Kier molecular flexibility index (Phi) is 9.88. The van der Waals surface area contributed by atoms with E-state index < -0.39 is 16.1 Å².